The Morgan fingerprint density at radius 1 is 0.767 bits per heavy atom. The van der Waals surface area contributed by atoms with Crippen LogP contribution in [-0.4, -0.2) is 48.4 Å². The molecule has 0 aliphatic heterocycles. The zero-order chi connectivity index (χ0) is 21.7. The lowest BCUT2D eigenvalue weighted by Crippen LogP contribution is -2.09. The van der Waals surface area contributed by atoms with E-state index in [2.05, 4.69) is 19.9 Å². The highest BCUT2D eigenvalue weighted by Gasteiger charge is 2.07. The molecular weight excluding hydrogens is 412 g/mol. The number of hydrogen-bond acceptors (Lipinski definition) is 8. The van der Waals surface area contributed by atoms with Crippen LogP contribution in [0.4, 0.5) is 0 Å². The number of ether oxygens (including phenoxy) is 4. The minimum absolute atomic E-state index is 0.195. The van der Waals surface area contributed by atoms with Crippen molar-refractivity contribution in [2.24, 2.45) is 0 Å². The number of nitrogens with one attached hydrogen (secondary N) is 1. The van der Waals surface area contributed by atoms with Gasteiger partial charge in [0.15, 0.2) is 0 Å². The van der Waals surface area contributed by atoms with E-state index in [1.807, 2.05) is 12.1 Å². The third-order valence-corrected chi connectivity index (χ3v) is 4.39. The fourth-order valence-corrected chi connectivity index (χ4v) is 2.82. The second kappa shape index (κ2) is 9.27. The molecule has 1 N–H and O–H groups in total. The largest absolute Gasteiger partial charge is 0.497 e. The normalized spacial score (nSPS) is 10.3. The lowest BCUT2D eigenvalue weighted by atomic mass is 10.2. The topological polar surface area (TPSA) is 108 Å². The van der Waals surface area contributed by atoms with Crippen molar-refractivity contribution in [3.05, 3.63) is 51.9 Å². The smallest absolute Gasteiger partial charge is 0.318 e. The van der Waals surface area contributed by atoms with E-state index in [1.165, 1.54) is 14.2 Å². The van der Waals surface area contributed by atoms with Gasteiger partial charge in [0, 0.05) is 17.5 Å². The SMILES string of the molecule is COc1ccc2c(=O)[nH]c(OC)nc2c1.COc1ccc2c(Cl)nc(OC)nc2c1. The Morgan fingerprint density at radius 2 is 1.37 bits per heavy atom. The second-order valence-corrected chi connectivity index (χ2v) is 6.20. The Bertz CT molecular complexity index is 1230. The van der Waals surface area contributed by atoms with Crippen LogP contribution in [0, 0.1) is 0 Å². The first kappa shape index (κ1) is 21.1. The van der Waals surface area contributed by atoms with Crippen LogP contribution in [0.2, 0.25) is 5.15 Å². The number of rotatable bonds is 4. The maximum atomic E-state index is 11.5. The van der Waals surface area contributed by atoms with Crippen molar-refractivity contribution in [3.63, 3.8) is 0 Å². The Labute approximate surface area is 176 Å². The molecule has 0 bridgehead atoms. The molecule has 2 heterocycles. The summed E-state index contributed by atoms with van der Waals surface area (Å²) < 4.78 is 19.9. The van der Waals surface area contributed by atoms with E-state index in [0.29, 0.717) is 27.3 Å². The maximum Gasteiger partial charge on any atom is 0.318 e. The van der Waals surface area contributed by atoms with Crippen LogP contribution in [0.25, 0.3) is 21.8 Å². The number of methoxy groups -OCH3 is 4. The van der Waals surface area contributed by atoms with Crippen molar-refractivity contribution >= 4 is 33.4 Å². The van der Waals surface area contributed by atoms with Gasteiger partial charge in [-0.05, 0) is 24.3 Å². The summed E-state index contributed by atoms with van der Waals surface area (Å²) in [7, 11) is 6.11. The minimum atomic E-state index is -0.223. The Balaban J connectivity index is 0.000000171. The number of benzene rings is 2. The predicted octanol–water partition coefficient (Wildman–Crippen LogP) is 3.24. The fourth-order valence-electron chi connectivity index (χ4n) is 2.59. The molecule has 0 atom stereocenters. The summed E-state index contributed by atoms with van der Waals surface area (Å²) in [4.78, 5) is 26.3. The average Bonchev–Trinajstić information content (AvgIpc) is 2.78. The Kier molecular flexibility index (Phi) is 6.53. The summed E-state index contributed by atoms with van der Waals surface area (Å²) in [6.07, 6.45) is 0. The van der Waals surface area contributed by atoms with Crippen LogP contribution >= 0.6 is 11.6 Å². The van der Waals surface area contributed by atoms with Gasteiger partial charge in [-0.15, -0.1) is 0 Å². The minimum Gasteiger partial charge on any atom is -0.497 e. The number of hydrogen-bond donors (Lipinski definition) is 1. The van der Waals surface area contributed by atoms with Gasteiger partial charge in [-0.1, -0.05) is 11.6 Å². The Morgan fingerprint density at radius 3 is 1.93 bits per heavy atom. The highest BCUT2D eigenvalue weighted by atomic mass is 35.5. The molecular formula is C20H19ClN4O5. The van der Waals surface area contributed by atoms with Crippen molar-refractivity contribution in [1.82, 2.24) is 19.9 Å². The molecule has 2 aromatic carbocycles. The number of aromatic amines is 1. The van der Waals surface area contributed by atoms with Crippen LogP contribution in [0.5, 0.6) is 23.5 Å². The van der Waals surface area contributed by atoms with E-state index in [-0.39, 0.29) is 17.6 Å². The lowest BCUT2D eigenvalue weighted by Gasteiger charge is -2.04. The molecule has 0 saturated heterocycles. The molecule has 9 nitrogen and oxygen atoms in total. The molecule has 0 amide bonds. The predicted molar refractivity (Wildman–Crippen MR) is 113 cm³/mol. The highest BCUT2D eigenvalue weighted by molar-refractivity contribution is 6.34. The van der Waals surface area contributed by atoms with Gasteiger partial charge in [0.1, 0.15) is 16.7 Å². The van der Waals surface area contributed by atoms with E-state index < -0.39 is 0 Å². The molecule has 0 aliphatic rings. The van der Waals surface area contributed by atoms with Crippen molar-refractivity contribution in [3.8, 4) is 23.5 Å². The molecule has 0 unspecified atom stereocenters. The Hall–Kier alpha value is -3.59. The van der Waals surface area contributed by atoms with Gasteiger partial charge in [-0.25, -0.2) is 0 Å². The van der Waals surface area contributed by atoms with Crippen LogP contribution in [0.1, 0.15) is 0 Å². The van der Waals surface area contributed by atoms with Crippen molar-refractivity contribution in [2.45, 2.75) is 0 Å². The zero-order valence-electron chi connectivity index (χ0n) is 16.7. The highest BCUT2D eigenvalue weighted by Crippen LogP contribution is 2.26. The van der Waals surface area contributed by atoms with E-state index >= 15 is 0 Å². The van der Waals surface area contributed by atoms with E-state index in [1.54, 1.807) is 38.5 Å². The molecule has 156 valence electrons. The molecule has 10 heteroatoms. The monoisotopic (exact) mass is 430 g/mol. The van der Waals surface area contributed by atoms with Crippen LogP contribution in [-0.2, 0) is 0 Å². The standard InChI is InChI=1S/C10H9ClN2O2.C10H10N2O3/c1-14-6-3-4-7-8(5-6)12-10(15-2)13-9(7)11;1-14-6-3-4-7-8(5-6)11-10(15-2)12-9(7)13/h3-5H,1-2H3;3-5H,1-2H3,(H,11,12,13). The van der Waals surface area contributed by atoms with Gasteiger partial charge < -0.3 is 18.9 Å². The molecule has 30 heavy (non-hydrogen) atoms. The zero-order valence-corrected chi connectivity index (χ0v) is 17.5. The molecule has 0 saturated carbocycles. The second-order valence-electron chi connectivity index (χ2n) is 5.84. The summed E-state index contributed by atoms with van der Waals surface area (Å²) in [5, 5.41) is 1.66. The molecule has 4 rings (SSSR count). The fraction of sp³-hybridized carbons (Fsp3) is 0.200. The van der Waals surface area contributed by atoms with Gasteiger partial charge in [0.05, 0.1) is 44.9 Å². The maximum absolute atomic E-state index is 11.5. The van der Waals surface area contributed by atoms with Gasteiger partial charge in [-0.3, -0.25) is 9.78 Å². The summed E-state index contributed by atoms with van der Waals surface area (Å²) in [6, 6.07) is 10.9. The van der Waals surface area contributed by atoms with E-state index in [9.17, 15) is 4.79 Å². The summed E-state index contributed by atoms with van der Waals surface area (Å²) in [5.74, 6) is 1.38. The van der Waals surface area contributed by atoms with Crippen LogP contribution in [0.3, 0.4) is 0 Å². The first-order valence-electron chi connectivity index (χ1n) is 8.66. The van der Waals surface area contributed by atoms with Crippen molar-refractivity contribution < 1.29 is 18.9 Å². The molecule has 4 aromatic rings. The lowest BCUT2D eigenvalue weighted by molar-refractivity contribution is 0.380. The molecule has 0 radical (unpaired) electrons. The number of halogens is 1. The number of H-pyrrole nitrogens is 1. The van der Waals surface area contributed by atoms with E-state index in [4.69, 9.17) is 30.5 Å². The molecule has 0 spiro atoms. The van der Waals surface area contributed by atoms with Crippen LogP contribution in [0.15, 0.2) is 41.2 Å². The molecule has 0 aliphatic carbocycles. The van der Waals surface area contributed by atoms with Crippen LogP contribution < -0.4 is 24.5 Å². The summed E-state index contributed by atoms with van der Waals surface area (Å²) in [6.45, 7) is 0. The first-order valence-corrected chi connectivity index (χ1v) is 9.04. The third-order valence-electron chi connectivity index (χ3n) is 4.10. The quantitative estimate of drug-likeness (QED) is 0.491. The third kappa shape index (κ3) is 4.52. The van der Waals surface area contributed by atoms with Crippen molar-refractivity contribution in [2.75, 3.05) is 28.4 Å². The summed E-state index contributed by atoms with van der Waals surface area (Å²) >= 11 is 5.96. The number of aromatic nitrogens is 4. The molecule has 2 aromatic heterocycles. The van der Waals surface area contributed by atoms with E-state index in [0.717, 1.165) is 11.1 Å². The van der Waals surface area contributed by atoms with Gasteiger partial charge in [0.2, 0.25) is 0 Å². The average molecular weight is 431 g/mol. The molecule has 0 fully saturated rings. The summed E-state index contributed by atoms with van der Waals surface area (Å²) in [5.41, 5.74) is 1.03. The van der Waals surface area contributed by atoms with Crippen molar-refractivity contribution in [1.29, 1.82) is 0 Å². The number of nitrogens with zero attached hydrogens (tertiary/aromatic N) is 3. The number of fused-ring (bicyclic) bond motifs is 2. The van der Waals surface area contributed by atoms with Gasteiger partial charge >= 0.3 is 6.01 Å². The van der Waals surface area contributed by atoms with Gasteiger partial charge in [0.25, 0.3) is 11.6 Å². The first-order chi connectivity index (χ1) is 14.5. The van der Waals surface area contributed by atoms with Gasteiger partial charge in [-0.2, -0.15) is 15.0 Å².